The van der Waals surface area contributed by atoms with E-state index in [4.69, 9.17) is 18.5 Å². The second kappa shape index (κ2) is 36.4. The van der Waals surface area contributed by atoms with Crippen LogP contribution < -0.4 is 0 Å². The number of rotatable bonds is 40. The summed E-state index contributed by atoms with van der Waals surface area (Å²) >= 11 is 0. The summed E-state index contributed by atoms with van der Waals surface area (Å²) < 4.78 is 34.3. The maximum Gasteiger partial charge on any atom is 0.472 e. The molecule has 0 fully saturated rings. The van der Waals surface area contributed by atoms with Gasteiger partial charge in [-0.05, 0) is 38.5 Å². The molecule has 314 valence electrons. The predicted octanol–water partition coefficient (Wildman–Crippen LogP) is 12.2. The number of ether oxygens (including phenoxy) is 2. The van der Waals surface area contributed by atoms with Crippen molar-refractivity contribution < 1.29 is 42.1 Å². The van der Waals surface area contributed by atoms with Crippen LogP contribution in [0.25, 0.3) is 0 Å². The third-order valence-electron chi connectivity index (χ3n) is 9.55. The number of carbonyl (C=O) groups excluding carboxylic acids is 2. The number of hydrogen-bond acceptors (Lipinski definition) is 7. The molecular weight excluding hydrogens is 689 g/mol. The minimum Gasteiger partial charge on any atom is -0.462 e. The largest absolute Gasteiger partial charge is 0.472 e. The lowest BCUT2D eigenvalue weighted by atomic mass is 10.0. The first-order valence-electron chi connectivity index (χ1n) is 21.9. The Morgan fingerprint density at radius 3 is 1.40 bits per heavy atom. The average molecular weight is 775 g/mol. The molecule has 0 spiro atoms. The van der Waals surface area contributed by atoms with Crippen LogP contribution in [0.4, 0.5) is 0 Å². The molecular formula is C43H85NO8P+. The SMILES string of the molecule is CCCCCCCC/C=C/CCCCCCCCCC(=O)O[C@H](COC(=O)CCCCCCCCCCCCCC)COP(=O)(O)OCC[N+](C)(C)C. The zero-order valence-electron chi connectivity index (χ0n) is 35.3. The highest BCUT2D eigenvalue weighted by Gasteiger charge is 2.27. The van der Waals surface area contributed by atoms with Crippen molar-refractivity contribution in [3.63, 3.8) is 0 Å². The number of phosphoric acid groups is 1. The van der Waals surface area contributed by atoms with Gasteiger partial charge in [0.05, 0.1) is 27.7 Å². The zero-order chi connectivity index (χ0) is 39.3. The molecule has 2 atom stereocenters. The van der Waals surface area contributed by atoms with E-state index in [1.54, 1.807) is 0 Å². The fourth-order valence-electron chi connectivity index (χ4n) is 6.07. The number of hydrogen-bond donors (Lipinski definition) is 1. The van der Waals surface area contributed by atoms with Crippen LogP contribution in [0.1, 0.15) is 200 Å². The Bertz CT molecular complexity index is 922. The third-order valence-corrected chi connectivity index (χ3v) is 10.5. The number of esters is 2. The minimum absolute atomic E-state index is 0.0339. The van der Waals surface area contributed by atoms with Crippen molar-refractivity contribution >= 4 is 19.8 Å². The molecule has 0 rings (SSSR count). The van der Waals surface area contributed by atoms with Gasteiger partial charge in [-0.25, -0.2) is 4.57 Å². The van der Waals surface area contributed by atoms with Crippen LogP contribution in [-0.4, -0.2) is 74.9 Å². The summed E-state index contributed by atoms with van der Waals surface area (Å²) in [6.45, 7) is 4.43. The number of phosphoric ester groups is 1. The molecule has 53 heavy (non-hydrogen) atoms. The van der Waals surface area contributed by atoms with Crippen molar-refractivity contribution in [2.45, 2.75) is 206 Å². The van der Waals surface area contributed by atoms with E-state index in [1.807, 2.05) is 21.1 Å². The van der Waals surface area contributed by atoms with Gasteiger partial charge in [0, 0.05) is 12.8 Å². The van der Waals surface area contributed by atoms with Crippen LogP contribution >= 0.6 is 7.82 Å². The summed E-state index contributed by atoms with van der Waals surface area (Å²) in [5, 5.41) is 0. The van der Waals surface area contributed by atoms with Crippen LogP contribution in [0.3, 0.4) is 0 Å². The van der Waals surface area contributed by atoms with Crippen molar-refractivity contribution in [2.75, 3.05) is 47.5 Å². The number of carbonyl (C=O) groups is 2. The molecule has 10 heteroatoms. The summed E-state index contributed by atoms with van der Waals surface area (Å²) in [6, 6.07) is 0. The monoisotopic (exact) mass is 775 g/mol. The summed E-state index contributed by atoms with van der Waals surface area (Å²) in [7, 11) is 1.48. The molecule has 0 aliphatic heterocycles. The van der Waals surface area contributed by atoms with Gasteiger partial charge in [0.25, 0.3) is 0 Å². The molecule has 0 bridgehead atoms. The molecule has 0 aliphatic rings. The van der Waals surface area contributed by atoms with E-state index >= 15 is 0 Å². The molecule has 0 radical (unpaired) electrons. The molecule has 0 aliphatic carbocycles. The van der Waals surface area contributed by atoms with Gasteiger partial charge in [-0.1, -0.05) is 161 Å². The number of likely N-dealkylation sites (N-methyl/N-ethyl adjacent to an activating group) is 1. The van der Waals surface area contributed by atoms with Crippen LogP contribution in [0.15, 0.2) is 12.2 Å². The highest BCUT2D eigenvalue weighted by Crippen LogP contribution is 2.43. The molecule has 0 heterocycles. The van der Waals surface area contributed by atoms with E-state index in [9.17, 15) is 19.0 Å². The van der Waals surface area contributed by atoms with Gasteiger partial charge in [0.1, 0.15) is 19.8 Å². The Kier molecular flexibility index (Phi) is 35.5. The smallest absolute Gasteiger partial charge is 0.462 e. The van der Waals surface area contributed by atoms with E-state index in [0.717, 1.165) is 44.9 Å². The van der Waals surface area contributed by atoms with Gasteiger partial charge in [-0.15, -0.1) is 0 Å². The molecule has 0 aromatic carbocycles. The summed E-state index contributed by atoms with van der Waals surface area (Å²) in [5.74, 6) is -0.796. The van der Waals surface area contributed by atoms with Gasteiger partial charge < -0.3 is 18.9 Å². The van der Waals surface area contributed by atoms with E-state index < -0.39 is 26.5 Å². The Morgan fingerprint density at radius 1 is 0.566 bits per heavy atom. The Balaban J connectivity index is 4.34. The number of quaternary nitrogens is 1. The highest BCUT2D eigenvalue weighted by molar-refractivity contribution is 7.47. The van der Waals surface area contributed by atoms with Crippen molar-refractivity contribution in [2.24, 2.45) is 0 Å². The first-order valence-corrected chi connectivity index (χ1v) is 23.4. The van der Waals surface area contributed by atoms with Crippen LogP contribution in [-0.2, 0) is 32.7 Å². The van der Waals surface area contributed by atoms with Crippen molar-refractivity contribution in [1.82, 2.24) is 0 Å². The molecule has 0 aromatic rings. The van der Waals surface area contributed by atoms with Crippen LogP contribution in [0.2, 0.25) is 0 Å². The summed E-state index contributed by atoms with van der Waals surface area (Å²) in [4.78, 5) is 35.3. The fraction of sp³-hybridized carbons (Fsp3) is 0.907. The Labute approximate surface area is 326 Å². The van der Waals surface area contributed by atoms with Crippen molar-refractivity contribution in [3.8, 4) is 0 Å². The first-order chi connectivity index (χ1) is 25.5. The van der Waals surface area contributed by atoms with E-state index in [-0.39, 0.29) is 25.6 Å². The van der Waals surface area contributed by atoms with E-state index in [2.05, 4.69) is 26.0 Å². The maximum absolute atomic E-state index is 12.7. The minimum atomic E-state index is -4.37. The molecule has 1 N–H and O–H groups in total. The number of nitrogens with zero attached hydrogens (tertiary/aromatic N) is 1. The van der Waals surface area contributed by atoms with E-state index in [1.165, 1.54) is 122 Å². The van der Waals surface area contributed by atoms with Gasteiger partial charge in [0.2, 0.25) is 0 Å². The van der Waals surface area contributed by atoms with Crippen LogP contribution in [0.5, 0.6) is 0 Å². The first kappa shape index (κ1) is 51.8. The third kappa shape index (κ3) is 40.2. The second-order valence-electron chi connectivity index (χ2n) is 16.1. The maximum atomic E-state index is 12.7. The van der Waals surface area contributed by atoms with Crippen molar-refractivity contribution in [3.05, 3.63) is 12.2 Å². The Hall–Kier alpha value is -1.25. The molecule has 0 saturated heterocycles. The number of unbranched alkanes of at least 4 members (excludes halogenated alkanes) is 24. The number of allylic oxidation sites excluding steroid dienone is 2. The van der Waals surface area contributed by atoms with E-state index in [0.29, 0.717) is 23.9 Å². The van der Waals surface area contributed by atoms with Gasteiger partial charge in [-0.2, -0.15) is 0 Å². The summed E-state index contributed by atoms with van der Waals surface area (Å²) in [6.07, 6.45) is 36.8. The van der Waals surface area contributed by atoms with Gasteiger partial charge in [-0.3, -0.25) is 18.6 Å². The van der Waals surface area contributed by atoms with Crippen molar-refractivity contribution in [1.29, 1.82) is 0 Å². The quantitative estimate of drug-likeness (QED) is 0.0215. The lowest BCUT2D eigenvalue weighted by Crippen LogP contribution is -2.37. The topological polar surface area (TPSA) is 108 Å². The molecule has 0 saturated carbocycles. The van der Waals surface area contributed by atoms with Gasteiger partial charge >= 0.3 is 19.8 Å². The molecule has 0 aromatic heterocycles. The lowest BCUT2D eigenvalue weighted by Gasteiger charge is -2.24. The predicted molar refractivity (Wildman–Crippen MR) is 220 cm³/mol. The second-order valence-corrected chi connectivity index (χ2v) is 17.5. The lowest BCUT2D eigenvalue weighted by molar-refractivity contribution is -0.870. The normalized spacial score (nSPS) is 13.7. The Morgan fingerprint density at radius 2 is 0.962 bits per heavy atom. The van der Waals surface area contributed by atoms with Gasteiger partial charge in [0.15, 0.2) is 6.10 Å². The average Bonchev–Trinajstić information content (AvgIpc) is 3.10. The molecule has 0 amide bonds. The zero-order valence-corrected chi connectivity index (χ0v) is 36.2. The fourth-order valence-corrected chi connectivity index (χ4v) is 6.81. The molecule has 9 nitrogen and oxygen atoms in total. The van der Waals surface area contributed by atoms with Crippen LogP contribution in [0, 0.1) is 0 Å². The highest BCUT2D eigenvalue weighted by atomic mass is 31.2. The standard InChI is InChI=1S/C43H84NO8P/c1-6-8-10-12-14-16-18-20-21-22-23-24-26-28-30-32-34-36-43(46)52-41(40-51-53(47,48)50-38-37-44(3,4)5)39-49-42(45)35-33-31-29-27-25-19-17-15-13-11-9-7-2/h20-21,41H,6-19,22-40H2,1-5H3/p+1/b21-20+/t41-/m1/s1. The molecule has 1 unspecified atom stereocenters. The summed E-state index contributed by atoms with van der Waals surface area (Å²) in [5.41, 5.74) is 0.